The summed E-state index contributed by atoms with van der Waals surface area (Å²) in [6.45, 7) is 1.67. The molecule has 0 atom stereocenters. The van der Waals surface area contributed by atoms with Gasteiger partial charge in [-0.15, -0.1) is 10.2 Å². The van der Waals surface area contributed by atoms with Crippen LogP contribution < -0.4 is 10.6 Å². The van der Waals surface area contributed by atoms with Gasteiger partial charge in [0.15, 0.2) is 0 Å². The van der Waals surface area contributed by atoms with Crippen molar-refractivity contribution in [2.45, 2.75) is 6.92 Å². The van der Waals surface area contributed by atoms with Gasteiger partial charge in [-0.25, -0.2) is 0 Å². The Labute approximate surface area is 127 Å². The molecule has 0 aliphatic carbocycles. The van der Waals surface area contributed by atoms with E-state index in [1.165, 1.54) is 11.3 Å². The Hall–Kier alpha value is -1.80. The van der Waals surface area contributed by atoms with Crippen molar-refractivity contribution in [1.82, 2.24) is 15.5 Å². The van der Waals surface area contributed by atoms with Crippen molar-refractivity contribution >= 4 is 44.2 Å². The number of nitrogens with zero attached hydrogens (tertiary/aromatic N) is 2. The summed E-state index contributed by atoms with van der Waals surface area (Å²) >= 11 is 4.56. The standard InChI is InChI=1S/C12H11BrN4O2S/c1-7-16-17-12(20-7)15-10(18)6-14-11(19)8-3-2-4-9(13)5-8/h2-5H,6H2,1H3,(H,14,19)(H,15,17,18). The van der Waals surface area contributed by atoms with Crippen molar-refractivity contribution in [3.63, 3.8) is 0 Å². The summed E-state index contributed by atoms with van der Waals surface area (Å²) in [6.07, 6.45) is 0. The lowest BCUT2D eigenvalue weighted by atomic mass is 10.2. The smallest absolute Gasteiger partial charge is 0.251 e. The van der Waals surface area contributed by atoms with Crippen LogP contribution in [0.5, 0.6) is 0 Å². The molecule has 104 valence electrons. The molecule has 1 aromatic carbocycles. The number of benzene rings is 1. The van der Waals surface area contributed by atoms with Gasteiger partial charge in [0.05, 0.1) is 6.54 Å². The molecule has 0 fully saturated rings. The summed E-state index contributed by atoms with van der Waals surface area (Å²) < 4.78 is 0.805. The van der Waals surface area contributed by atoms with E-state index in [0.717, 1.165) is 9.48 Å². The zero-order chi connectivity index (χ0) is 14.5. The second-order valence-corrected chi connectivity index (χ2v) is 5.96. The zero-order valence-electron chi connectivity index (χ0n) is 10.5. The average Bonchev–Trinajstić information content (AvgIpc) is 2.81. The van der Waals surface area contributed by atoms with Crippen LogP contribution in [0.3, 0.4) is 0 Å². The SMILES string of the molecule is Cc1nnc(NC(=O)CNC(=O)c2cccc(Br)c2)s1. The number of nitrogens with one attached hydrogen (secondary N) is 2. The summed E-state index contributed by atoms with van der Waals surface area (Å²) in [6, 6.07) is 6.93. The number of carbonyl (C=O) groups is 2. The maximum atomic E-state index is 11.8. The lowest BCUT2D eigenvalue weighted by Gasteiger charge is -2.05. The first-order valence-corrected chi connectivity index (χ1v) is 7.29. The van der Waals surface area contributed by atoms with Crippen molar-refractivity contribution in [3.8, 4) is 0 Å². The largest absolute Gasteiger partial charge is 0.343 e. The van der Waals surface area contributed by atoms with Crippen LogP contribution in [-0.2, 0) is 4.79 Å². The minimum Gasteiger partial charge on any atom is -0.343 e. The van der Waals surface area contributed by atoms with Crippen LogP contribution in [0.2, 0.25) is 0 Å². The van der Waals surface area contributed by atoms with E-state index in [1.807, 2.05) is 6.07 Å². The van der Waals surface area contributed by atoms with Gasteiger partial charge in [-0.2, -0.15) is 0 Å². The van der Waals surface area contributed by atoms with Crippen molar-refractivity contribution in [1.29, 1.82) is 0 Å². The van der Waals surface area contributed by atoms with Gasteiger partial charge in [-0.05, 0) is 25.1 Å². The van der Waals surface area contributed by atoms with Crippen molar-refractivity contribution in [3.05, 3.63) is 39.3 Å². The second kappa shape index (κ2) is 6.58. The van der Waals surface area contributed by atoms with E-state index >= 15 is 0 Å². The van der Waals surface area contributed by atoms with Gasteiger partial charge < -0.3 is 5.32 Å². The molecule has 6 nitrogen and oxygen atoms in total. The highest BCUT2D eigenvalue weighted by Crippen LogP contribution is 2.13. The fourth-order valence-corrected chi connectivity index (χ4v) is 2.41. The number of carbonyl (C=O) groups excluding carboxylic acids is 2. The zero-order valence-corrected chi connectivity index (χ0v) is 12.9. The molecule has 1 aromatic heterocycles. The first kappa shape index (κ1) is 14.6. The molecule has 2 N–H and O–H groups in total. The minimum absolute atomic E-state index is 0.121. The Morgan fingerprint density at radius 1 is 1.35 bits per heavy atom. The highest BCUT2D eigenvalue weighted by molar-refractivity contribution is 9.10. The van der Waals surface area contributed by atoms with Gasteiger partial charge in [0.25, 0.3) is 5.91 Å². The predicted molar refractivity (Wildman–Crippen MR) is 79.8 cm³/mol. The number of rotatable bonds is 4. The van der Waals surface area contributed by atoms with Gasteiger partial charge in [-0.3, -0.25) is 14.9 Å². The summed E-state index contributed by atoms with van der Waals surface area (Å²) in [5.41, 5.74) is 0.485. The summed E-state index contributed by atoms with van der Waals surface area (Å²) in [5, 5.41) is 13.8. The fourth-order valence-electron chi connectivity index (χ4n) is 1.40. The molecule has 0 saturated carbocycles. The maximum Gasteiger partial charge on any atom is 0.251 e. The van der Waals surface area contributed by atoms with Crippen LogP contribution in [0.4, 0.5) is 5.13 Å². The molecule has 0 bridgehead atoms. The third-order valence-corrected chi connectivity index (χ3v) is 3.52. The van der Waals surface area contributed by atoms with Crippen molar-refractivity contribution < 1.29 is 9.59 Å². The molecule has 2 aromatic rings. The molecule has 0 aliphatic rings. The molecule has 0 radical (unpaired) electrons. The Bertz CT molecular complexity index is 644. The van der Waals surface area contributed by atoms with Crippen LogP contribution in [0, 0.1) is 6.92 Å². The topological polar surface area (TPSA) is 84.0 Å². The Kier molecular flexibility index (Phi) is 4.80. The first-order valence-electron chi connectivity index (χ1n) is 5.68. The third kappa shape index (κ3) is 4.10. The molecule has 8 heteroatoms. The highest BCUT2D eigenvalue weighted by atomic mass is 79.9. The van der Waals surface area contributed by atoms with Gasteiger partial charge in [0.2, 0.25) is 11.0 Å². The van der Waals surface area contributed by atoms with Crippen LogP contribution in [-0.4, -0.2) is 28.6 Å². The normalized spacial score (nSPS) is 10.1. The molecule has 2 amide bonds. The fraction of sp³-hybridized carbons (Fsp3) is 0.167. The van der Waals surface area contributed by atoms with Gasteiger partial charge in [0, 0.05) is 10.0 Å². The number of aryl methyl sites for hydroxylation is 1. The average molecular weight is 355 g/mol. The molecule has 0 spiro atoms. The molecule has 20 heavy (non-hydrogen) atoms. The summed E-state index contributed by atoms with van der Waals surface area (Å²) in [5.74, 6) is -0.653. The van der Waals surface area contributed by atoms with Crippen LogP contribution >= 0.6 is 27.3 Å². The molecular formula is C12H11BrN4O2S. The predicted octanol–water partition coefficient (Wildman–Crippen LogP) is 1.98. The first-order chi connectivity index (χ1) is 9.54. The second-order valence-electron chi connectivity index (χ2n) is 3.87. The number of halogens is 1. The molecule has 1 heterocycles. The van der Waals surface area contributed by atoms with Crippen molar-refractivity contribution in [2.24, 2.45) is 0 Å². The number of hydrogen-bond acceptors (Lipinski definition) is 5. The number of anilines is 1. The van der Waals surface area contributed by atoms with E-state index in [4.69, 9.17) is 0 Å². The number of aromatic nitrogens is 2. The van der Waals surface area contributed by atoms with E-state index in [-0.39, 0.29) is 18.4 Å². The van der Waals surface area contributed by atoms with Crippen LogP contribution in [0.1, 0.15) is 15.4 Å². The maximum absolute atomic E-state index is 11.8. The summed E-state index contributed by atoms with van der Waals surface area (Å²) in [4.78, 5) is 23.4. The monoisotopic (exact) mass is 354 g/mol. The van der Waals surface area contributed by atoms with Crippen molar-refractivity contribution in [2.75, 3.05) is 11.9 Å². The lowest BCUT2D eigenvalue weighted by Crippen LogP contribution is -2.32. The van der Waals surface area contributed by atoms with Gasteiger partial charge >= 0.3 is 0 Å². The molecular weight excluding hydrogens is 344 g/mol. The van der Waals surface area contributed by atoms with Gasteiger partial charge in [0.1, 0.15) is 5.01 Å². The van der Waals surface area contributed by atoms with Crippen LogP contribution in [0.15, 0.2) is 28.7 Å². The lowest BCUT2D eigenvalue weighted by molar-refractivity contribution is -0.115. The molecule has 0 unspecified atom stereocenters. The number of hydrogen-bond donors (Lipinski definition) is 2. The highest BCUT2D eigenvalue weighted by Gasteiger charge is 2.10. The minimum atomic E-state index is -0.343. The van der Waals surface area contributed by atoms with Gasteiger partial charge in [-0.1, -0.05) is 33.3 Å². The van der Waals surface area contributed by atoms with E-state index < -0.39 is 0 Å². The molecule has 2 rings (SSSR count). The molecule has 0 saturated heterocycles. The van der Waals surface area contributed by atoms with E-state index in [2.05, 4.69) is 36.8 Å². The Morgan fingerprint density at radius 3 is 2.80 bits per heavy atom. The Morgan fingerprint density at radius 2 is 2.15 bits per heavy atom. The molecule has 0 aliphatic heterocycles. The van der Waals surface area contributed by atoms with E-state index in [0.29, 0.717) is 10.7 Å². The third-order valence-electron chi connectivity index (χ3n) is 2.27. The van der Waals surface area contributed by atoms with E-state index in [1.54, 1.807) is 25.1 Å². The van der Waals surface area contributed by atoms with Crippen LogP contribution in [0.25, 0.3) is 0 Å². The summed E-state index contributed by atoms with van der Waals surface area (Å²) in [7, 11) is 0. The number of amides is 2. The quantitative estimate of drug-likeness (QED) is 0.879. The van der Waals surface area contributed by atoms with E-state index in [9.17, 15) is 9.59 Å². The Balaban J connectivity index is 1.85.